The molecule has 3 amide bonds. The van der Waals surface area contributed by atoms with Gasteiger partial charge in [-0.3, -0.25) is 4.79 Å². The molecule has 0 bridgehead atoms. The van der Waals surface area contributed by atoms with E-state index in [1.807, 2.05) is 12.1 Å². The molecule has 4 heterocycles. The number of nitrogens with zero attached hydrogens (tertiary/aromatic N) is 6. The van der Waals surface area contributed by atoms with Gasteiger partial charge in [-0.2, -0.15) is 15.0 Å². The van der Waals surface area contributed by atoms with Crippen molar-refractivity contribution in [2.75, 3.05) is 86.2 Å². The number of carbonyl (C=O) groups is 2. The molecule has 3 aromatic rings. The molecule has 3 aliphatic rings. The lowest BCUT2D eigenvalue weighted by Crippen LogP contribution is -2.40. The molecule has 13 heteroatoms. The number of anilines is 4. The summed E-state index contributed by atoms with van der Waals surface area (Å²) in [7, 11) is 0. The van der Waals surface area contributed by atoms with Crippen LogP contribution in [-0.4, -0.2) is 109 Å². The number of rotatable bonds is 7. The molecule has 3 N–H and O–H groups in total. The van der Waals surface area contributed by atoms with E-state index < -0.39 is 6.03 Å². The monoisotopic (exact) mass is 588 g/mol. The van der Waals surface area contributed by atoms with Crippen molar-refractivity contribution < 1.29 is 24.2 Å². The smallest absolute Gasteiger partial charge is 0.323 e. The number of likely N-dealkylation sites (tertiary alicyclic amines) is 1. The van der Waals surface area contributed by atoms with Crippen molar-refractivity contribution in [2.24, 2.45) is 0 Å². The van der Waals surface area contributed by atoms with Gasteiger partial charge in [0.15, 0.2) is 5.82 Å². The second-order valence-corrected chi connectivity index (χ2v) is 10.7. The van der Waals surface area contributed by atoms with Gasteiger partial charge in [0.05, 0.1) is 39.1 Å². The quantitative estimate of drug-likeness (QED) is 0.376. The fraction of sp³-hybridized carbons (Fsp3) is 0.433. The molecule has 2 aromatic carbocycles. The largest absolute Gasteiger partial charge is 0.394 e. The van der Waals surface area contributed by atoms with E-state index in [1.165, 1.54) is 0 Å². The third kappa shape index (κ3) is 6.85. The van der Waals surface area contributed by atoms with Crippen LogP contribution in [0.1, 0.15) is 23.2 Å². The maximum absolute atomic E-state index is 12.8. The van der Waals surface area contributed by atoms with Gasteiger partial charge in [-0.1, -0.05) is 0 Å². The standard InChI is InChI=1S/C30H36N8O5/c39-20-25-2-1-11-38(25)27(40)22-5-9-24(10-6-22)32-30(41)31-23-7-3-21(4-8-23)26-33-28(36-12-16-42-17-13-36)35-29(34-26)37-14-18-43-19-15-37/h3-10,25,39H,1-2,11-20H2,(H2,31,32,41)/t25-/m0/s1. The number of carbonyl (C=O) groups excluding carboxylic acids is 2. The Balaban J connectivity index is 1.11. The number of benzene rings is 2. The molecule has 3 fully saturated rings. The van der Waals surface area contributed by atoms with E-state index in [4.69, 9.17) is 24.4 Å². The first kappa shape index (κ1) is 28.8. The Morgan fingerprint density at radius 1 is 0.767 bits per heavy atom. The zero-order chi connectivity index (χ0) is 29.6. The Hall–Kier alpha value is -4.33. The van der Waals surface area contributed by atoms with Gasteiger partial charge < -0.3 is 39.9 Å². The van der Waals surface area contributed by atoms with Crippen LogP contribution in [-0.2, 0) is 9.47 Å². The van der Waals surface area contributed by atoms with Gasteiger partial charge in [0.1, 0.15) is 0 Å². The van der Waals surface area contributed by atoms with E-state index in [2.05, 4.69) is 20.4 Å². The molecule has 13 nitrogen and oxygen atoms in total. The maximum atomic E-state index is 12.8. The van der Waals surface area contributed by atoms with Crippen molar-refractivity contribution in [3.63, 3.8) is 0 Å². The molecule has 0 saturated carbocycles. The predicted molar refractivity (Wildman–Crippen MR) is 162 cm³/mol. The zero-order valence-corrected chi connectivity index (χ0v) is 23.9. The Labute approximate surface area is 249 Å². The lowest BCUT2D eigenvalue weighted by Gasteiger charge is -2.30. The second kappa shape index (κ2) is 13.3. The van der Waals surface area contributed by atoms with Crippen LogP contribution >= 0.6 is 0 Å². The average molecular weight is 589 g/mol. The van der Waals surface area contributed by atoms with Crippen molar-refractivity contribution in [2.45, 2.75) is 18.9 Å². The van der Waals surface area contributed by atoms with Crippen molar-refractivity contribution >= 4 is 35.2 Å². The van der Waals surface area contributed by atoms with Gasteiger partial charge in [0.25, 0.3) is 5.91 Å². The molecule has 6 rings (SSSR count). The van der Waals surface area contributed by atoms with Crippen LogP contribution in [0, 0.1) is 0 Å². The SMILES string of the molecule is O=C(Nc1ccc(C(=O)N2CCC[C@H]2CO)cc1)Nc1ccc(-c2nc(N3CCOCC3)nc(N3CCOCC3)n2)cc1. The van der Waals surface area contributed by atoms with E-state index in [1.54, 1.807) is 41.3 Å². The van der Waals surface area contributed by atoms with Crippen molar-refractivity contribution in [1.82, 2.24) is 19.9 Å². The Morgan fingerprint density at radius 3 is 1.84 bits per heavy atom. The van der Waals surface area contributed by atoms with Crippen LogP contribution in [0.25, 0.3) is 11.4 Å². The van der Waals surface area contributed by atoms with Crippen LogP contribution < -0.4 is 20.4 Å². The van der Waals surface area contributed by atoms with Crippen molar-refractivity contribution in [3.05, 3.63) is 54.1 Å². The van der Waals surface area contributed by atoms with E-state index in [9.17, 15) is 14.7 Å². The normalized spacial score (nSPS) is 18.9. The number of ether oxygens (including phenoxy) is 2. The van der Waals surface area contributed by atoms with Gasteiger partial charge in [0, 0.05) is 55.2 Å². The molecular weight excluding hydrogens is 552 g/mol. The molecule has 0 aliphatic carbocycles. The summed E-state index contributed by atoms with van der Waals surface area (Å²) in [5, 5.41) is 15.2. The molecular formula is C30H36N8O5. The average Bonchev–Trinajstić information content (AvgIpc) is 3.55. The highest BCUT2D eigenvalue weighted by Crippen LogP contribution is 2.25. The summed E-state index contributed by atoms with van der Waals surface area (Å²) in [5.41, 5.74) is 2.49. The molecule has 3 aliphatic heterocycles. The molecule has 1 aromatic heterocycles. The van der Waals surface area contributed by atoms with Crippen LogP contribution in [0.5, 0.6) is 0 Å². The zero-order valence-electron chi connectivity index (χ0n) is 23.9. The third-order valence-corrected chi connectivity index (χ3v) is 7.84. The number of morpholine rings is 2. The van der Waals surface area contributed by atoms with Crippen LogP contribution in [0.2, 0.25) is 0 Å². The maximum Gasteiger partial charge on any atom is 0.323 e. The minimum absolute atomic E-state index is 0.0347. The summed E-state index contributed by atoms with van der Waals surface area (Å²) >= 11 is 0. The summed E-state index contributed by atoms with van der Waals surface area (Å²) in [6.07, 6.45) is 1.70. The summed E-state index contributed by atoms with van der Waals surface area (Å²) in [6, 6.07) is 13.6. The number of hydrogen-bond donors (Lipinski definition) is 3. The van der Waals surface area contributed by atoms with Crippen LogP contribution in [0.3, 0.4) is 0 Å². The third-order valence-electron chi connectivity index (χ3n) is 7.84. The van der Waals surface area contributed by atoms with Gasteiger partial charge in [-0.15, -0.1) is 0 Å². The molecule has 43 heavy (non-hydrogen) atoms. The van der Waals surface area contributed by atoms with E-state index >= 15 is 0 Å². The molecule has 3 saturated heterocycles. The highest BCUT2D eigenvalue weighted by molar-refractivity contribution is 6.00. The lowest BCUT2D eigenvalue weighted by atomic mass is 10.1. The fourth-order valence-corrected chi connectivity index (χ4v) is 5.44. The van der Waals surface area contributed by atoms with Gasteiger partial charge >= 0.3 is 6.03 Å². The van der Waals surface area contributed by atoms with Gasteiger partial charge in [0.2, 0.25) is 11.9 Å². The van der Waals surface area contributed by atoms with Gasteiger partial charge in [-0.05, 0) is 61.4 Å². The second-order valence-electron chi connectivity index (χ2n) is 10.7. The first-order valence-corrected chi connectivity index (χ1v) is 14.7. The first-order valence-electron chi connectivity index (χ1n) is 14.7. The minimum atomic E-state index is -0.406. The Kier molecular flexibility index (Phi) is 8.91. The number of aromatic nitrogens is 3. The molecule has 226 valence electrons. The van der Waals surface area contributed by atoms with Crippen LogP contribution in [0.15, 0.2) is 48.5 Å². The highest BCUT2D eigenvalue weighted by Gasteiger charge is 2.28. The number of aliphatic hydroxyl groups is 1. The molecule has 0 spiro atoms. The molecule has 0 radical (unpaired) electrons. The molecule has 1 atom stereocenters. The number of nitrogens with one attached hydrogen (secondary N) is 2. The predicted octanol–water partition coefficient (Wildman–Crippen LogP) is 2.45. The summed E-state index contributed by atoms with van der Waals surface area (Å²) in [6.45, 7) is 5.97. The first-order chi connectivity index (χ1) is 21.1. The lowest BCUT2D eigenvalue weighted by molar-refractivity contribution is 0.0677. The Morgan fingerprint density at radius 2 is 1.30 bits per heavy atom. The van der Waals surface area contributed by atoms with E-state index in [-0.39, 0.29) is 18.6 Å². The highest BCUT2D eigenvalue weighted by atomic mass is 16.5. The summed E-state index contributed by atoms with van der Waals surface area (Å²) in [5.74, 6) is 1.69. The number of aliphatic hydroxyl groups excluding tert-OH is 1. The van der Waals surface area contributed by atoms with Crippen molar-refractivity contribution in [3.8, 4) is 11.4 Å². The van der Waals surface area contributed by atoms with E-state index in [0.29, 0.717) is 93.8 Å². The van der Waals surface area contributed by atoms with Gasteiger partial charge in [-0.25, -0.2) is 4.79 Å². The number of urea groups is 1. The fourth-order valence-electron chi connectivity index (χ4n) is 5.44. The topological polar surface area (TPSA) is 145 Å². The minimum Gasteiger partial charge on any atom is -0.394 e. The summed E-state index contributed by atoms with van der Waals surface area (Å²) < 4.78 is 11.0. The number of hydrogen-bond acceptors (Lipinski definition) is 10. The Bertz CT molecular complexity index is 1370. The molecule has 0 unspecified atom stereocenters. The summed E-state index contributed by atoms with van der Waals surface area (Å²) in [4.78, 5) is 45.7. The van der Waals surface area contributed by atoms with Crippen molar-refractivity contribution in [1.29, 1.82) is 0 Å². The number of amides is 3. The van der Waals surface area contributed by atoms with E-state index in [0.717, 1.165) is 18.4 Å². The van der Waals surface area contributed by atoms with Crippen LogP contribution in [0.4, 0.5) is 28.1 Å².